The highest BCUT2D eigenvalue weighted by Crippen LogP contribution is 2.16. The van der Waals surface area contributed by atoms with E-state index in [1.807, 2.05) is 12.4 Å². The average Bonchev–Trinajstić information content (AvgIpc) is 3.14. The van der Waals surface area contributed by atoms with Crippen molar-refractivity contribution in [3.63, 3.8) is 0 Å². The number of unbranched alkanes of at least 4 members (excludes halogenated alkanes) is 1. The van der Waals surface area contributed by atoms with E-state index < -0.39 is 27.9 Å². The summed E-state index contributed by atoms with van der Waals surface area (Å²) in [6.45, 7) is 5.64. The van der Waals surface area contributed by atoms with Gasteiger partial charge in [0.15, 0.2) is 5.65 Å². The zero-order valence-electron chi connectivity index (χ0n) is 19.5. The highest BCUT2D eigenvalue weighted by molar-refractivity contribution is 7.89. The number of aromatic nitrogens is 3. The maximum Gasteiger partial charge on any atom is 0.350 e. The Morgan fingerprint density at radius 1 is 1.29 bits per heavy atom. The number of hydrogen-bond acceptors (Lipinski definition) is 8. The first-order valence-electron chi connectivity index (χ1n) is 11.5. The minimum absolute atomic E-state index is 0.0801. The van der Waals surface area contributed by atoms with Crippen LogP contribution in [0.25, 0.3) is 5.65 Å². The molecule has 1 atom stereocenters. The number of hydrogen-bond donors (Lipinski definition) is 3. The quantitative estimate of drug-likeness (QED) is 0.394. The van der Waals surface area contributed by atoms with Crippen LogP contribution in [0.4, 0.5) is 0 Å². The van der Waals surface area contributed by atoms with Gasteiger partial charge in [0.2, 0.25) is 10.0 Å². The van der Waals surface area contributed by atoms with Crippen molar-refractivity contribution in [3.8, 4) is 0 Å². The van der Waals surface area contributed by atoms with Gasteiger partial charge in [-0.3, -0.25) is 4.79 Å². The molecule has 0 saturated carbocycles. The number of hydroxylamine groups is 1. The van der Waals surface area contributed by atoms with Gasteiger partial charge in [0.1, 0.15) is 6.04 Å². The van der Waals surface area contributed by atoms with E-state index in [0.717, 1.165) is 32.4 Å². The Labute approximate surface area is 198 Å². The summed E-state index contributed by atoms with van der Waals surface area (Å²) in [6, 6.07) is 1.81. The first kappa shape index (κ1) is 25.8. The van der Waals surface area contributed by atoms with E-state index >= 15 is 0 Å². The van der Waals surface area contributed by atoms with E-state index in [1.165, 1.54) is 34.3 Å². The SMILES string of the molecule is CCCCS(=O)(=O)NC(C)C(=O)ONC(=O)c1ccc2nn(CCC3CCNCC3)c(=O)n2c1. The van der Waals surface area contributed by atoms with Crippen molar-refractivity contribution < 1.29 is 22.8 Å². The third-order valence-electron chi connectivity index (χ3n) is 5.77. The molecule has 1 amide bonds. The molecule has 1 unspecified atom stereocenters. The van der Waals surface area contributed by atoms with Crippen LogP contribution in [0.3, 0.4) is 0 Å². The zero-order chi connectivity index (χ0) is 24.7. The van der Waals surface area contributed by atoms with Crippen molar-refractivity contribution in [1.29, 1.82) is 0 Å². The third-order valence-corrected chi connectivity index (χ3v) is 7.31. The normalized spacial score (nSPS) is 15.8. The number of aryl methyl sites for hydroxylation is 1. The average molecular weight is 497 g/mol. The molecule has 12 nitrogen and oxygen atoms in total. The fraction of sp³-hybridized carbons (Fsp3) is 0.619. The molecule has 0 radical (unpaired) electrons. The van der Waals surface area contributed by atoms with Crippen LogP contribution in [0, 0.1) is 5.92 Å². The fourth-order valence-electron chi connectivity index (χ4n) is 3.73. The predicted molar refractivity (Wildman–Crippen MR) is 125 cm³/mol. The zero-order valence-corrected chi connectivity index (χ0v) is 20.3. The van der Waals surface area contributed by atoms with Crippen molar-refractivity contribution in [2.45, 2.75) is 58.5 Å². The van der Waals surface area contributed by atoms with Crippen LogP contribution in [0.15, 0.2) is 23.1 Å². The van der Waals surface area contributed by atoms with E-state index in [0.29, 0.717) is 31.0 Å². The van der Waals surface area contributed by atoms with E-state index in [9.17, 15) is 22.8 Å². The number of piperidine rings is 1. The number of fused-ring (bicyclic) bond motifs is 1. The van der Waals surface area contributed by atoms with E-state index in [2.05, 4.69) is 15.1 Å². The maximum atomic E-state index is 12.7. The van der Waals surface area contributed by atoms with Crippen LogP contribution >= 0.6 is 0 Å². The van der Waals surface area contributed by atoms with Crippen molar-refractivity contribution in [1.82, 2.24) is 29.7 Å². The molecule has 1 saturated heterocycles. The van der Waals surface area contributed by atoms with Crippen molar-refractivity contribution in [3.05, 3.63) is 34.4 Å². The standard InChI is InChI=1S/C21H32N6O6S/c1-3-4-13-34(31,32)25-15(2)20(29)33-24-19(28)17-5-6-18-23-27(21(30)26(18)14-17)12-9-16-7-10-22-11-8-16/h5-6,14-16,22,25H,3-4,7-13H2,1-2H3,(H,24,28). The summed E-state index contributed by atoms with van der Waals surface area (Å²) in [6.07, 6.45) is 5.49. The number of carbonyl (C=O) groups is 2. The molecule has 188 valence electrons. The van der Waals surface area contributed by atoms with Gasteiger partial charge in [-0.05, 0) is 63.7 Å². The first-order valence-corrected chi connectivity index (χ1v) is 13.2. The Bertz CT molecular complexity index is 1170. The molecule has 3 N–H and O–H groups in total. The summed E-state index contributed by atoms with van der Waals surface area (Å²) >= 11 is 0. The first-order chi connectivity index (χ1) is 16.2. The number of nitrogens with zero attached hydrogens (tertiary/aromatic N) is 3. The van der Waals surface area contributed by atoms with Gasteiger partial charge >= 0.3 is 11.7 Å². The van der Waals surface area contributed by atoms with Crippen LogP contribution in [-0.4, -0.2) is 59.4 Å². The molecule has 2 aromatic heterocycles. The lowest BCUT2D eigenvalue weighted by molar-refractivity contribution is -0.150. The number of amides is 1. The molecule has 2 aromatic rings. The fourth-order valence-corrected chi connectivity index (χ4v) is 5.15. The van der Waals surface area contributed by atoms with Gasteiger partial charge in [-0.25, -0.2) is 31.8 Å². The highest BCUT2D eigenvalue weighted by Gasteiger charge is 2.22. The summed E-state index contributed by atoms with van der Waals surface area (Å²) in [5, 5.41) is 7.63. The molecular weight excluding hydrogens is 464 g/mol. The molecule has 3 heterocycles. The number of sulfonamides is 1. The van der Waals surface area contributed by atoms with Crippen LogP contribution in [0.5, 0.6) is 0 Å². The second-order valence-electron chi connectivity index (χ2n) is 8.50. The molecule has 13 heteroatoms. The number of pyridine rings is 1. The Morgan fingerprint density at radius 3 is 2.74 bits per heavy atom. The summed E-state index contributed by atoms with van der Waals surface area (Å²) in [7, 11) is -3.63. The summed E-state index contributed by atoms with van der Waals surface area (Å²) in [5.74, 6) is -1.27. The molecule has 34 heavy (non-hydrogen) atoms. The van der Waals surface area contributed by atoms with Crippen LogP contribution < -0.4 is 21.2 Å². The van der Waals surface area contributed by atoms with Crippen LogP contribution in [0.1, 0.15) is 56.3 Å². The second kappa shape index (κ2) is 11.6. The van der Waals surface area contributed by atoms with Gasteiger partial charge in [0.05, 0.1) is 11.3 Å². The molecule has 3 rings (SSSR count). The Balaban J connectivity index is 1.58. The molecule has 1 aliphatic heterocycles. The largest absolute Gasteiger partial charge is 0.350 e. The summed E-state index contributed by atoms with van der Waals surface area (Å²) in [4.78, 5) is 41.9. The predicted octanol–water partition coefficient (Wildman–Crippen LogP) is 0.182. The van der Waals surface area contributed by atoms with Gasteiger partial charge in [-0.2, -0.15) is 5.48 Å². The molecule has 0 bridgehead atoms. The minimum atomic E-state index is -3.63. The van der Waals surface area contributed by atoms with Crippen molar-refractivity contribution in [2.75, 3.05) is 18.8 Å². The molecule has 1 aliphatic rings. The monoisotopic (exact) mass is 496 g/mol. The Kier molecular flexibility index (Phi) is 8.80. The smallest absolute Gasteiger partial charge is 0.339 e. The van der Waals surface area contributed by atoms with Gasteiger partial charge in [0.25, 0.3) is 5.91 Å². The van der Waals surface area contributed by atoms with E-state index in [4.69, 9.17) is 4.84 Å². The van der Waals surface area contributed by atoms with E-state index in [1.54, 1.807) is 0 Å². The molecule has 0 aliphatic carbocycles. The van der Waals surface area contributed by atoms with Crippen molar-refractivity contribution >= 4 is 27.5 Å². The minimum Gasteiger partial charge on any atom is -0.339 e. The van der Waals surface area contributed by atoms with Crippen LogP contribution in [0.2, 0.25) is 0 Å². The van der Waals surface area contributed by atoms with Gasteiger partial charge in [-0.15, -0.1) is 5.10 Å². The Hall–Kier alpha value is -2.77. The number of nitrogens with one attached hydrogen (secondary N) is 3. The molecule has 0 aromatic carbocycles. The number of rotatable bonds is 10. The summed E-state index contributed by atoms with van der Waals surface area (Å²) < 4.78 is 28.7. The van der Waals surface area contributed by atoms with E-state index in [-0.39, 0.29) is 17.0 Å². The number of carbonyl (C=O) groups excluding carboxylic acids is 2. The van der Waals surface area contributed by atoms with Gasteiger partial charge in [-0.1, -0.05) is 13.3 Å². The lowest BCUT2D eigenvalue weighted by atomic mass is 9.95. The molecule has 1 fully saturated rings. The van der Waals surface area contributed by atoms with Gasteiger partial charge < -0.3 is 10.2 Å². The van der Waals surface area contributed by atoms with Crippen LogP contribution in [-0.2, 0) is 26.2 Å². The Morgan fingerprint density at radius 2 is 2.03 bits per heavy atom. The topological polar surface area (TPSA) is 153 Å². The second-order valence-corrected chi connectivity index (χ2v) is 10.4. The van der Waals surface area contributed by atoms with Gasteiger partial charge in [0, 0.05) is 12.7 Å². The summed E-state index contributed by atoms with van der Waals surface area (Å²) in [5.41, 5.74) is 2.12. The lowest BCUT2D eigenvalue weighted by Crippen LogP contribution is -2.43. The van der Waals surface area contributed by atoms with Crippen molar-refractivity contribution in [2.24, 2.45) is 5.92 Å². The molecular formula is C21H32N6O6S. The maximum absolute atomic E-state index is 12.7. The molecule has 0 spiro atoms. The lowest BCUT2D eigenvalue weighted by Gasteiger charge is -2.21. The third kappa shape index (κ3) is 6.87. The highest BCUT2D eigenvalue weighted by atomic mass is 32.2.